The first-order valence-electron chi connectivity index (χ1n) is 7.50. The summed E-state index contributed by atoms with van der Waals surface area (Å²) in [5.74, 6) is 0. The van der Waals surface area contributed by atoms with Crippen molar-refractivity contribution in [2.24, 2.45) is 5.73 Å². The van der Waals surface area contributed by atoms with Gasteiger partial charge in [-0.25, -0.2) is 9.59 Å². The van der Waals surface area contributed by atoms with Crippen molar-refractivity contribution in [2.45, 2.75) is 44.8 Å². The quantitative estimate of drug-likeness (QED) is 0.787. The largest absolute Gasteiger partial charge is 0.444 e. The number of piperidine rings is 1. The van der Waals surface area contributed by atoms with Crippen LogP contribution in [0.4, 0.5) is 9.59 Å². The van der Waals surface area contributed by atoms with Crippen LogP contribution in [0.15, 0.2) is 0 Å². The van der Waals surface area contributed by atoms with Crippen LogP contribution in [0.3, 0.4) is 0 Å². The van der Waals surface area contributed by atoms with Gasteiger partial charge in [-0.3, -0.25) is 0 Å². The van der Waals surface area contributed by atoms with Crippen molar-refractivity contribution >= 4 is 12.1 Å². The molecular formula is C14H26N4O3. The molecule has 0 aromatic carbocycles. The van der Waals surface area contributed by atoms with Gasteiger partial charge in [-0.15, -0.1) is 0 Å². The lowest BCUT2D eigenvalue weighted by Gasteiger charge is -2.40. The van der Waals surface area contributed by atoms with Gasteiger partial charge >= 0.3 is 12.1 Å². The highest BCUT2D eigenvalue weighted by atomic mass is 16.6. The summed E-state index contributed by atoms with van der Waals surface area (Å²) in [6.07, 6.45) is 1.42. The number of amides is 3. The number of likely N-dealkylation sites (tertiary alicyclic amines) is 1. The fourth-order valence-electron chi connectivity index (χ4n) is 2.96. The lowest BCUT2D eigenvalue weighted by Crippen LogP contribution is -2.58. The Hall–Kier alpha value is -1.50. The number of nitrogens with two attached hydrogens (primary N) is 1. The highest BCUT2D eigenvalue weighted by Crippen LogP contribution is 2.27. The number of carbonyl (C=O) groups is 2. The van der Waals surface area contributed by atoms with Crippen LogP contribution in [0.5, 0.6) is 0 Å². The van der Waals surface area contributed by atoms with Crippen molar-refractivity contribution in [1.82, 2.24) is 15.1 Å². The number of nitrogens with zero attached hydrogens (tertiary/aromatic N) is 2. The van der Waals surface area contributed by atoms with Gasteiger partial charge in [0.1, 0.15) is 5.60 Å². The second kappa shape index (κ2) is 5.71. The van der Waals surface area contributed by atoms with Gasteiger partial charge in [0.15, 0.2) is 0 Å². The topological polar surface area (TPSA) is 87.9 Å². The maximum absolute atomic E-state index is 12.2. The van der Waals surface area contributed by atoms with E-state index in [-0.39, 0.29) is 17.7 Å². The first kappa shape index (κ1) is 15.9. The molecule has 7 nitrogen and oxygen atoms in total. The summed E-state index contributed by atoms with van der Waals surface area (Å²) in [5, 5.41) is 3.03. The molecule has 2 aliphatic heterocycles. The van der Waals surface area contributed by atoms with Crippen LogP contribution in [-0.2, 0) is 4.74 Å². The zero-order chi connectivity index (χ0) is 15.7. The van der Waals surface area contributed by atoms with Crippen molar-refractivity contribution in [3.05, 3.63) is 0 Å². The number of nitrogens with one attached hydrogen (secondary N) is 1. The Balaban J connectivity index is 2.01. The molecule has 0 bridgehead atoms. The van der Waals surface area contributed by atoms with Gasteiger partial charge < -0.3 is 25.6 Å². The minimum atomic E-state index is -0.508. The molecule has 3 amide bonds. The molecule has 0 aliphatic carbocycles. The molecule has 21 heavy (non-hydrogen) atoms. The normalized spacial score (nSPS) is 26.2. The molecule has 0 radical (unpaired) electrons. The summed E-state index contributed by atoms with van der Waals surface area (Å²) >= 11 is 0. The number of urea groups is 1. The Morgan fingerprint density at radius 3 is 2.76 bits per heavy atom. The first-order chi connectivity index (χ1) is 9.75. The van der Waals surface area contributed by atoms with Gasteiger partial charge in [0, 0.05) is 32.7 Å². The van der Waals surface area contributed by atoms with E-state index in [9.17, 15) is 9.59 Å². The highest BCUT2D eigenvalue weighted by Gasteiger charge is 2.46. The van der Waals surface area contributed by atoms with E-state index >= 15 is 0 Å². The molecule has 2 rings (SSSR count). The van der Waals surface area contributed by atoms with Gasteiger partial charge in [0.2, 0.25) is 0 Å². The average Bonchev–Trinajstić information content (AvgIpc) is 2.64. The highest BCUT2D eigenvalue weighted by molar-refractivity contribution is 5.78. The van der Waals surface area contributed by atoms with E-state index in [1.807, 2.05) is 20.8 Å². The second-order valence-corrected chi connectivity index (χ2v) is 6.93. The zero-order valence-electron chi connectivity index (χ0n) is 13.1. The lowest BCUT2D eigenvalue weighted by molar-refractivity contribution is 0.0129. The van der Waals surface area contributed by atoms with E-state index in [0.29, 0.717) is 32.7 Å². The summed E-state index contributed by atoms with van der Waals surface area (Å²) in [5.41, 5.74) is 4.66. The molecule has 1 unspecified atom stereocenters. The third-order valence-corrected chi connectivity index (χ3v) is 3.78. The number of rotatable bonds is 2. The van der Waals surface area contributed by atoms with Gasteiger partial charge in [0.05, 0.1) is 5.54 Å². The smallest absolute Gasteiger partial charge is 0.410 e. The summed E-state index contributed by atoms with van der Waals surface area (Å²) in [4.78, 5) is 27.6. The van der Waals surface area contributed by atoms with Crippen LogP contribution < -0.4 is 11.1 Å². The van der Waals surface area contributed by atoms with Gasteiger partial charge in [0.25, 0.3) is 0 Å². The minimum absolute atomic E-state index is 0.0912. The van der Waals surface area contributed by atoms with Crippen LogP contribution in [0.1, 0.15) is 33.6 Å². The molecule has 0 aromatic rings. The van der Waals surface area contributed by atoms with Crippen molar-refractivity contribution < 1.29 is 14.3 Å². The minimum Gasteiger partial charge on any atom is -0.444 e. The van der Waals surface area contributed by atoms with E-state index in [1.165, 1.54) is 0 Å². The fourth-order valence-corrected chi connectivity index (χ4v) is 2.96. The van der Waals surface area contributed by atoms with Crippen molar-refractivity contribution in [1.29, 1.82) is 0 Å². The summed E-state index contributed by atoms with van der Waals surface area (Å²) in [7, 11) is 0. The molecule has 2 saturated heterocycles. The fraction of sp³-hybridized carbons (Fsp3) is 0.857. The number of hydrogen-bond acceptors (Lipinski definition) is 4. The van der Waals surface area contributed by atoms with Gasteiger partial charge in [-0.2, -0.15) is 0 Å². The summed E-state index contributed by atoms with van der Waals surface area (Å²) in [6.45, 7) is 8.31. The zero-order valence-corrected chi connectivity index (χ0v) is 13.1. The number of ether oxygens (including phenoxy) is 1. The number of carbonyl (C=O) groups excluding carboxylic acids is 2. The second-order valence-electron chi connectivity index (χ2n) is 6.93. The molecule has 2 aliphatic rings. The maximum Gasteiger partial charge on any atom is 0.410 e. The molecule has 120 valence electrons. The van der Waals surface area contributed by atoms with Gasteiger partial charge in [-0.1, -0.05) is 0 Å². The first-order valence-corrected chi connectivity index (χ1v) is 7.50. The molecule has 2 heterocycles. The van der Waals surface area contributed by atoms with E-state index in [0.717, 1.165) is 12.8 Å². The SMILES string of the molecule is CC(C)(C)OC(=O)N1CCCC2(CN(CCN)C(=O)N2)C1. The molecule has 1 atom stereocenters. The van der Waals surface area contributed by atoms with Crippen LogP contribution in [0.25, 0.3) is 0 Å². The Labute approximate surface area is 125 Å². The number of hydrogen-bond donors (Lipinski definition) is 2. The molecule has 0 saturated carbocycles. The van der Waals surface area contributed by atoms with Crippen molar-refractivity contribution in [3.63, 3.8) is 0 Å². The Bertz CT molecular complexity index is 421. The van der Waals surface area contributed by atoms with E-state index in [4.69, 9.17) is 10.5 Å². The Morgan fingerprint density at radius 1 is 1.43 bits per heavy atom. The van der Waals surface area contributed by atoms with Crippen molar-refractivity contribution in [3.8, 4) is 0 Å². The monoisotopic (exact) mass is 298 g/mol. The Morgan fingerprint density at radius 2 is 2.14 bits per heavy atom. The Kier molecular flexibility index (Phi) is 4.32. The third kappa shape index (κ3) is 3.78. The molecule has 7 heteroatoms. The standard InChI is InChI=1S/C14H26N4O3/c1-13(2,3)21-12(20)18-7-4-5-14(10-18)9-17(8-6-15)11(19)16-14/h4-10,15H2,1-3H3,(H,16,19). The molecular weight excluding hydrogens is 272 g/mol. The van der Waals surface area contributed by atoms with Crippen LogP contribution in [0, 0.1) is 0 Å². The maximum atomic E-state index is 12.2. The van der Waals surface area contributed by atoms with Crippen molar-refractivity contribution in [2.75, 3.05) is 32.7 Å². The third-order valence-electron chi connectivity index (χ3n) is 3.78. The molecule has 2 fully saturated rings. The predicted molar refractivity (Wildman–Crippen MR) is 78.9 cm³/mol. The van der Waals surface area contributed by atoms with Crippen LogP contribution in [0.2, 0.25) is 0 Å². The molecule has 3 N–H and O–H groups in total. The molecule has 0 aromatic heterocycles. The summed E-state index contributed by atoms with van der Waals surface area (Å²) in [6, 6.07) is -0.0912. The summed E-state index contributed by atoms with van der Waals surface area (Å²) < 4.78 is 5.42. The molecule has 1 spiro atoms. The van der Waals surface area contributed by atoms with E-state index in [2.05, 4.69) is 5.32 Å². The van der Waals surface area contributed by atoms with E-state index in [1.54, 1.807) is 9.80 Å². The van der Waals surface area contributed by atoms with Crippen LogP contribution in [-0.4, -0.2) is 65.8 Å². The predicted octanol–water partition coefficient (Wildman–Crippen LogP) is 0.740. The van der Waals surface area contributed by atoms with Gasteiger partial charge in [-0.05, 0) is 33.6 Å². The van der Waals surface area contributed by atoms with Crippen LogP contribution >= 0.6 is 0 Å². The lowest BCUT2D eigenvalue weighted by atomic mass is 9.90. The average molecular weight is 298 g/mol. The van der Waals surface area contributed by atoms with E-state index < -0.39 is 5.60 Å².